The van der Waals surface area contributed by atoms with Crippen molar-refractivity contribution in [3.8, 4) is 0 Å². The van der Waals surface area contributed by atoms with E-state index in [2.05, 4.69) is 10.3 Å². The highest BCUT2D eigenvalue weighted by molar-refractivity contribution is 6.01. The molecule has 1 aromatic carbocycles. The average molecular weight is 339 g/mol. The topological polar surface area (TPSA) is 71.3 Å². The zero-order valence-corrected chi connectivity index (χ0v) is 14.4. The standard InChI is InChI=1S/C18H21N5O2/c1-12-4-3-5-16(13(12)2)22-9-14(8-17(22)24)18(25)21-10-15(11-21)23-7-6-19-20-23/h3-7,14-15H,8-11H2,1-2H3. The lowest BCUT2D eigenvalue weighted by molar-refractivity contribution is -0.141. The van der Waals surface area contributed by atoms with E-state index in [1.54, 1.807) is 15.8 Å². The average Bonchev–Trinajstić information content (AvgIpc) is 3.19. The minimum atomic E-state index is -0.260. The molecule has 7 heteroatoms. The number of hydrogen-bond donors (Lipinski definition) is 0. The molecule has 4 rings (SSSR count). The Kier molecular flexibility index (Phi) is 3.78. The third kappa shape index (κ3) is 2.69. The molecule has 130 valence electrons. The Morgan fingerprint density at radius 3 is 2.72 bits per heavy atom. The number of carbonyl (C=O) groups is 2. The molecule has 7 nitrogen and oxygen atoms in total. The molecule has 2 aliphatic rings. The number of hydrogen-bond acceptors (Lipinski definition) is 4. The molecular formula is C18H21N5O2. The van der Waals surface area contributed by atoms with Crippen LogP contribution >= 0.6 is 0 Å². The van der Waals surface area contributed by atoms with Crippen LogP contribution in [0.15, 0.2) is 30.6 Å². The van der Waals surface area contributed by atoms with Gasteiger partial charge in [0.15, 0.2) is 0 Å². The normalized spacial score (nSPS) is 20.9. The van der Waals surface area contributed by atoms with E-state index in [0.717, 1.165) is 16.8 Å². The van der Waals surface area contributed by atoms with Crippen molar-refractivity contribution < 1.29 is 9.59 Å². The fourth-order valence-corrected chi connectivity index (χ4v) is 3.61. The van der Waals surface area contributed by atoms with E-state index in [0.29, 0.717) is 19.6 Å². The van der Waals surface area contributed by atoms with E-state index in [1.807, 2.05) is 43.1 Å². The summed E-state index contributed by atoms with van der Waals surface area (Å²) < 4.78 is 1.78. The fourth-order valence-electron chi connectivity index (χ4n) is 3.61. The number of anilines is 1. The molecule has 25 heavy (non-hydrogen) atoms. The maximum Gasteiger partial charge on any atom is 0.228 e. The van der Waals surface area contributed by atoms with Crippen molar-refractivity contribution in [1.82, 2.24) is 19.9 Å². The second-order valence-electron chi connectivity index (χ2n) is 6.90. The SMILES string of the molecule is Cc1cccc(N2CC(C(=O)N3CC(n4ccnn4)C3)CC2=O)c1C. The van der Waals surface area contributed by atoms with Gasteiger partial charge in [0.2, 0.25) is 11.8 Å². The van der Waals surface area contributed by atoms with Gasteiger partial charge in [0, 0.05) is 37.9 Å². The van der Waals surface area contributed by atoms with E-state index in [1.165, 1.54) is 0 Å². The van der Waals surface area contributed by atoms with Crippen molar-refractivity contribution in [2.24, 2.45) is 5.92 Å². The molecule has 2 aliphatic heterocycles. The van der Waals surface area contributed by atoms with Crippen molar-refractivity contribution >= 4 is 17.5 Å². The summed E-state index contributed by atoms with van der Waals surface area (Å²) in [7, 11) is 0. The predicted octanol–water partition coefficient (Wildman–Crippen LogP) is 1.33. The quantitative estimate of drug-likeness (QED) is 0.846. The molecule has 2 amide bonds. The van der Waals surface area contributed by atoms with Gasteiger partial charge in [0.1, 0.15) is 0 Å². The van der Waals surface area contributed by atoms with E-state index in [4.69, 9.17) is 0 Å². The van der Waals surface area contributed by atoms with Crippen LogP contribution in [0.25, 0.3) is 0 Å². The summed E-state index contributed by atoms with van der Waals surface area (Å²) in [6.45, 7) is 5.79. The number of aryl methyl sites for hydroxylation is 1. The number of amides is 2. The number of carbonyl (C=O) groups excluding carboxylic acids is 2. The maximum absolute atomic E-state index is 12.7. The minimum Gasteiger partial charge on any atom is -0.338 e. The van der Waals surface area contributed by atoms with Gasteiger partial charge in [0.05, 0.1) is 18.2 Å². The van der Waals surface area contributed by atoms with Crippen molar-refractivity contribution in [2.75, 3.05) is 24.5 Å². The first-order chi connectivity index (χ1) is 12.0. The van der Waals surface area contributed by atoms with Crippen LogP contribution in [-0.4, -0.2) is 51.3 Å². The monoisotopic (exact) mass is 339 g/mol. The van der Waals surface area contributed by atoms with Gasteiger partial charge in [-0.2, -0.15) is 0 Å². The van der Waals surface area contributed by atoms with Crippen molar-refractivity contribution in [3.05, 3.63) is 41.7 Å². The Morgan fingerprint density at radius 1 is 1.20 bits per heavy atom. The van der Waals surface area contributed by atoms with Gasteiger partial charge in [-0.3, -0.25) is 9.59 Å². The molecule has 0 N–H and O–H groups in total. The molecule has 1 atom stereocenters. The zero-order valence-electron chi connectivity index (χ0n) is 14.4. The van der Waals surface area contributed by atoms with E-state index in [-0.39, 0.29) is 30.2 Å². The van der Waals surface area contributed by atoms with Crippen LogP contribution in [0.1, 0.15) is 23.6 Å². The number of aromatic nitrogens is 3. The van der Waals surface area contributed by atoms with Gasteiger partial charge in [-0.25, -0.2) is 4.68 Å². The van der Waals surface area contributed by atoms with Crippen LogP contribution in [-0.2, 0) is 9.59 Å². The third-order valence-electron chi connectivity index (χ3n) is 5.33. The predicted molar refractivity (Wildman–Crippen MR) is 92.0 cm³/mol. The summed E-state index contributed by atoms with van der Waals surface area (Å²) >= 11 is 0. The smallest absolute Gasteiger partial charge is 0.228 e. The van der Waals surface area contributed by atoms with Gasteiger partial charge in [0.25, 0.3) is 0 Å². The molecule has 0 aliphatic carbocycles. The van der Waals surface area contributed by atoms with Gasteiger partial charge in [-0.05, 0) is 31.0 Å². The first-order valence-corrected chi connectivity index (χ1v) is 8.55. The van der Waals surface area contributed by atoms with Crippen LogP contribution in [0.5, 0.6) is 0 Å². The fraction of sp³-hybridized carbons (Fsp3) is 0.444. The molecule has 3 heterocycles. The second kappa shape index (κ2) is 5.98. The maximum atomic E-state index is 12.7. The Labute approximate surface area is 146 Å². The minimum absolute atomic E-state index is 0.0281. The summed E-state index contributed by atoms with van der Waals surface area (Å²) in [6, 6.07) is 6.14. The molecule has 2 aromatic rings. The van der Waals surface area contributed by atoms with E-state index < -0.39 is 0 Å². The second-order valence-corrected chi connectivity index (χ2v) is 6.90. The van der Waals surface area contributed by atoms with Crippen molar-refractivity contribution in [2.45, 2.75) is 26.3 Å². The Balaban J connectivity index is 1.42. The summed E-state index contributed by atoms with van der Waals surface area (Å²) in [5, 5.41) is 7.78. The Hall–Kier alpha value is -2.70. The number of likely N-dealkylation sites (tertiary alicyclic amines) is 1. The lowest BCUT2D eigenvalue weighted by Crippen LogP contribution is -2.53. The van der Waals surface area contributed by atoms with Crippen molar-refractivity contribution in [1.29, 1.82) is 0 Å². The first kappa shape index (κ1) is 15.8. The van der Waals surface area contributed by atoms with Crippen molar-refractivity contribution in [3.63, 3.8) is 0 Å². The molecule has 1 unspecified atom stereocenters. The van der Waals surface area contributed by atoms with Crippen LogP contribution in [0.4, 0.5) is 5.69 Å². The Morgan fingerprint density at radius 2 is 2.00 bits per heavy atom. The summed E-state index contributed by atoms with van der Waals surface area (Å²) in [6.07, 6.45) is 3.74. The van der Waals surface area contributed by atoms with Crippen LogP contribution in [0.3, 0.4) is 0 Å². The lowest BCUT2D eigenvalue weighted by atomic mass is 10.0. The molecule has 0 spiro atoms. The van der Waals surface area contributed by atoms with E-state index >= 15 is 0 Å². The molecule has 0 saturated carbocycles. The van der Waals surface area contributed by atoms with E-state index in [9.17, 15) is 9.59 Å². The van der Waals surface area contributed by atoms with Gasteiger partial charge in [-0.1, -0.05) is 17.3 Å². The molecule has 2 saturated heterocycles. The molecule has 0 bridgehead atoms. The van der Waals surface area contributed by atoms with Crippen LogP contribution in [0, 0.1) is 19.8 Å². The largest absolute Gasteiger partial charge is 0.338 e. The molecule has 1 aromatic heterocycles. The number of rotatable bonds is 3. The highest BCUT2D eigenvalue weighted by Gasteiger charge is 2.41. The summed E-state index contributed by atoms with van der Waals surface area (Å²) in [5.74, 6) is -0.165. The van der Waals surface area contributed by atoms with Crippen LogP contribution < -0.4 is 4.90 Å². The summed E-state index contributed by atoms with van der Waals surface area (Å²) in [5.41, 5.74) is 3.17. The van der Waals surface area contributed by atoms with Gasteiger partial charge in [-0.15, -0.1) is 5.10 Å². The lowest BCUT2D eigenvalue weighted by Gasteiger charge is -2.40. The Bertz CT molecular complexity index is 811. The van der Waals surface area contributed by atoms with Gasteiger partial charge < -0.3 is 9.80 Å². The zero-order chi connectivity index (χ0) is 17.6. The number of benzene rings is 1. The molecule has 0 radical (unpaired) electrons. The number of nitrogens with zero attached hydrogens (tertiary/aromatic N) is 5. The third-order valence-corrected chi connectivity index (χ3v) is 5.33. The first-order valence-electron chi connectivity index (χ1n) is 8.55. The molecule has 2 fully saturated rings. The highest BCUT2D eigenvalue weighted by atomic mass is 16.2. The van der Waals surface area contributed by atoms with Crippen LogP contribution in [0.2, 0.25) is 0 Å². The van der Waals surface area contributed by atoms with Gasteiger partial charge >= 0.3 is 0 Å². The highest BCUT2D eigenvalue weighted by Crippen LogP contribution is 2.31. The molecular weight excluding hydrogens is 318 g/mol. The summed E-state index contributed by atoms with van der Waals surface area (Å²) in [4.78, 5) is 28.8.